The van der Waals surface area contributed by atoms with Gasteiger partial charge in [0.25, 0.3) is 0 Å². The maximum Gasteiger partial charge on any atom is 0.0711 e. The topological polar surface area (TPSA) is 9.23 Å². The van der Waals surface area contributed by atoms with E-state index in [9.17, 15) is 0 Å². The summed E-state index contributed by atoms with van der Waals surface area (Å²) in [4.78, 5) is 0. The van der Waals surface area contributed by atoms with Crippen molar-refractivity contribution in [2.45, 2.75) is 32.3 Å². The molecule has 0 aliphatic rings. The Morgan fingerprint density at radius 3 is 2.44 bits per heavy atom. The predicted molar refractivity (Wildman–Crippen MR) is 75.8 cm³/mol. The SMILES string of the molecule is CCCCCP(=S)(Cc1ccccc1)OC. The molecule has 1 unspecified atom stereocenters. The molecular weight excluding hydrogens is 235 g/mol. The first-order chi connectivity index (χ1) is 7.70. The van der Waals surface area contributed by atoms with Gasteiger partial charge in [0.2, 0.25) is 0 Å². The Morgan fingerprint density at radius 2 is 1.88 bits per heavy atom. The van der Waals surface area contributed by atoms with Crippen LogP contribution in [0.4, 0.5) is 0 Å². The van der Waals surface area contributed by atoms with E-state index in [1.807, 2.05) is 6.07 Å². The van der Waals surface area contributed by atoms with Gasteiger partial charge in [0.05, 0.1) is 6.26 Å². The number of unbranched alkanes of at least 4 members (excludes halogenated alkanes) is 2. The first kappa shape index (κ1) is 13.9. The third-order valence-electron chi connectivity index (χ3n) is 2.70. The Kier molecular flexibility index (Phi) is 6.26. The van der Waals surface area contributed by atoms with Crippen molar-refractivity contribution in [3.05, 3.63) is 35.9 Å². The van der Waals surface area contributed by atoms with Crippen LogP contribution in [0.5, 0.6) is 0 Å². The Labute approximate surface area is 104 Å². The van der Waals surface area contributed by atoms with Crippen LogP contribution in [0.15, 0.2) is 30.3 Å². The largest absolute Gasteiger partial charge is 0.354 e. The van der Waals surface area contributed by atoms with Gasteiger partial charge in [0.15, 0.2) is 0 Å². The summed E-state index contributed by atoms with van der Waals surface area (Å²) in [5, 5.41) is 0. The van der Waals surface area contributed by atoms with Gasteiger partial charge in [0, 0.05) is 13.3 Å². The fourth-order valence-corrected chi connectivity index (χ4v) is 4.48. The van der Waals surface area contributed by atoms with Gasteiger partial charge in [-0.2, -0.15) is 0 Å². The summed E-state index contributed by atoms with van der Waals surface area (Å²) in [5.74, 6) is 0. The molecule has 0 heterocycles. The fourth-order valence-electron chi connectivity index (χ4n) is 1.70. The lowest BCUT2D eigenvalue weighted by Crippen LogP contribution is -1.96. The zero-order valence-corrected chi connectivity index (χ0v) is 11.9. The normalized spacial score (nSPS) is 14.6. The van der Waals surface area contributed by atoms with E-state index in [1.165, 1.54) is 24.8 Å². The molecule has 1 nitrogen and oxygen atoms in total. The number of benzene rings is 1. The summed E-state index contributed by atoms with van der Waals surface area (Å²) in [6, 6.07) is 10.4. The van der Waals surface area contributed by atoms with E-state index in [-0.39, 0.29) is 0 Å². The second kappa shape index (κ2) is 7.21. The summed E-state index contributed by atoms with van der Waals surface area (Å²) in [7, 11) is 1.77. The molecule has 0 fully saturated rings. The van der Waals surface area contributed by atoms with E-state index in [4.69, 9.17) is 16.3 Å². The van der Waals surface area contributed by atoms with Gasteiger partial charge in [-0.05, 0) is 18.1 Å². The van der Waals surface area contributed by atoms with Crippen molar-refractivity contribution in [3.8, 4) is 0 Å². The molecule has 0 N–H and O–H groups in total. The van der Waals surface area contributed by atoms with Crippen LogP contribution in [0, 0.1) is 0 Å². The third kappa shape index (κ3) is 4.78. The Bertz CT molecular complexity index is 337. The molecule has 0 aliphatic heterocycles. The highest BCUT2D eigenvalue weighted by Gasteiger charge is 2.16. The summed E-state index contributed by atoms with van der Waals surface area (Å²) in [6.07, 6.45) is 4.09. The molecule has 1 aromatic carbocycles. The molecule has 3 heteroatoms. The minimum absolute atomic E-state index is 0.934. The van der Waals surface area contributed by atoms with E-state index < -0.39 is 6.26 Å². The predicted octanol–water partition coefficient (Wildman–Crippen LogP) is 4.42. The van der Waals surface area contributed by atoms with Gasteiger partial charge in [-0.25, -0.2) is 0 Å². The molecule has 0 radical (unpaired) electrons. The highest BCUT2D eigenvalue weighted by Crippen LogP contribution is 2.50. The Morgan fingerprint density at radius 1 is 1.19 bits per heavy atom. The van der Waals surface area contributed by atoms with Crippen LogP contribution in [0.25, 0.3) is 0 Å². The van der Waals surface area contributed by atoms with Crippen LogP contribution in [0.3, 0.4) is 0 Å². The van der Waals surface area contributed by atoms with Crippen molar-refractivity contribution in [2.75, 3.05) is 13.3 Å². The van der Waals surface area contributed by atoms with Crippen molar-refractivity contribution in [1.29, 1.82) is 0 Å². The Hall–Kier alpha value is -0.170. The van der Waals surface area contributed by atoms with Crippen molar-refractivity contribution in [1.82, 2.24) is 0 Å². The highest BCUT2D eigenvalue weighted by atomic mass is 32.4. The molecule has 0 saturated carbocycles. The van der Waals surface area contributed by atoms with Gasteiger partial charge in [-0.1, -0.05) is 61.9 Å². The van der Waals surface area contributed by atoms with Crippen LogP contribution >= 0.6 is 6.26 Å². The molecule has 90 valence electrons. The minimum Gasteiger partial charge on any atom is -0.354 e. The third-order valence-corrected chi connectivity index (χ3v) is 6.59. The minimum atomic E-state index is -1.62. The van der Waals surface area contributed by atoms with E-state index in [0.29, 0.717) is 0 Å². The molecule has 1 atom stereocenters. The molecule has 1 rings (SSSR count). The summed E-state index contributed by atoms with van der Waals surface area (Å²) in [6.45, 7) is 2.22. The molecule has 0 spiro atoms. The van der Waals surface area contributed by atoms with Gasteiger partial charge in [-0.15, -0.1) is 0 Å². The number of hydrogen-bond acceptors (Lipinski definition) is 2. The molecule has 0 aromatic heterocycles. The monoisotopic (exact) mass is 256 g/mol. The first-order valence-electron chi connectivity index (χ1n) is 5.88. The van der Waals surface area contributed by atoms with E-state index >= 15 is 0 Å². The average molecular weight is 256 g/mol. The van der Waals surface area contributed by atoms with Gasteiger partial charge < -0.3 is 4.52 Å². The molecule has 16 heavy (non-hydrogen) atoms. The smallest absolute Gasteiger partial charge is 0.0711 e. The van der Waals surface area contributed by atoms with Crippen LogP contribution in [0.2, 0.25) is 0 Å². The van der Waals surface area contributed by atoms with E-state index in [1.54, 1.807) is 7.11 Å². The van der Waals surface area contributed by atoms with Gasteiger partial charge >= 0.3 is 0 Å². The summed E-state index contributed by atoms with van der Waals surface area (Å²) >= 11 is 5.69. The number of hydrogen-bond donors (Lipinski definition) is 0. The summed E-state index contributed by atoms with van der Waals surface area (Å²) in [5.41, 5.74) is 1.31. The zero-order valence-electron chi connectivity index (χ0n) is 10.2. The Balaban J connectivity index is 2.56. The number of rotatable bonds is 7. The second-order valence-corrected chi connectivity index (χ2v) is 8.83. The zero-order chi connectivity index (χ0) is 11.9. The first-order valence-corrected chi connectivity index (χ1v) is 8.97. The van der Waals surface area contributed by atoms with Crippen molar-refractivity contribution in [3.63, 3.8) is 0 Å². The molecule has 0 aliphatic carbocycles. The van der Waals surface area contributed by atoms with Crippen LogP contribution in [0.1, 0.15) is 31.7 Å². The second-order valence-electron chi connectivity index (χ2n) is 4.07. The molecule has 0 amide bonds. The summed E-state index contributed by atoms with van der Waals surface area (Å²) < 4.78 is 5.61. The maximum absolute atomic E-state index is 5.69. The lowest BCUT2D eigenvalue weighted by Gasteiger charge is -2.20. The average Bonchev–Trinajstić information content (AvgIpc) is 2.31. The lowest BCUT2D eigenvalue weighted by molar-refractivity contribution is 0.456. The van der Waals surface area contributed by atoms with Gasteiger partial charge in [-0.3, -0.25) is 0 Å². The van der Waals surface area contributed by atoms with Crippen LogP contribution in [-0.4, -0.2) is 13.3 Å². The van der Waals surface area contributed by atoms with E-state index in [0.717, 1.165) is 12.3 Å². The lowest BCUT2D eigenvalue weighted by atomic mass is 10.2. The quantitative estimate of drug-likeness (QED) is 0.527. The van der Waals surface area contributed by atoms with Crippen molar-refractivity contribution in [2.24, 2.45) is 0 Å². The molecular formula is C13H21OPS. The highest BCUT2D eigenvalue weighted by molar-refractivity contribution is 8.11. The fraction of sp³-hybridized carbons (Fsp3) is 0.538. The van der Waals surface area contributed by atoms with E-state index in [2.05, 4.69) is 31.2 Å². The standard InChI is InChI=1S/C13H21OPS/c1-3-4-8-11-15(16,14-2)12-13-9-6-5-7-10-13/h5-7,9-10H,3-4,8,11-12H2,1-2H3. The van der Waals surface area contributed by atoms with Gasteiger partial charge in [0.1, 0.15) is 0 Å². The molecule has 0 saturated heterocycles. The van der Waals surface area contributed by atoms with Crippen LogP contribution < -0.4 is 0 Å². The maximum atomic E-state index is 5.69. The van der Waals surface area contributed by atoms with Crippen molar-refractivity contribution < 1.29 is 4.52 Å². The molecule has 1 aromatic rings. The van der Waals surface area contributed by atoms with Crippen molar-refractivity contribution >= 4 is 18.1 Å². The van der Waals surface area contributed by atoms with Crippen LogP contribution in [-0.2, 0) is 22.5 Å². The molecule has 0 bridgehead atoms.